The highest BCUT2D eigenvalue weighted by atomic mass is 16.4. The van der Waals surface area contributed by atoms with Gasteiger partial charge in [0.05, 0.1) is 5.92 Å². The Morgan fingerprint density at radius 3 is 2.33 bits per heavy atom. The number of carboxylic acids is 1. The Balaban J connectivity index is 2.70. The highest BCUT2D eigenvalue weighted by Gasteiger charge is 2.33. The van der Waals surface area contributed by atoms with E-state index in [0.29, 0.717) is 13.0 Å². The minimum atomic E-state index is -0.926. The van der Waals surface area contributed by atoms with Crippen molar-refractivity contribution in [2.75, 3.05) is 13.1 Å². The molecule has 1 fully saturated rings. The summed E-state index contributed by atoms with van der Waals surface area (Å²) in [5.74, 6) is -1.97. The summed E-state index contributed by atoms with van der Waals surface area (Å²) >= 11 is 0. The normalized spacial score (nSPS) is 23.9. The molecule has 102 valence electrons. The first-order valence-corrected chi connectivity index (χ1v) is 6.10. The average Bonchev–Trinajstić information content (AvgIpc) is 2.28. The van der Waals surface area contributed by atoms with Gasteiger partial charge in [-0.05, 0) is 6.42 Å². The second-order valence-electron chi connectivity index (χ2n) is 5.06. The van der Waals surface area contributed by atoms with Gasteiger partial charge in [0.15, 0.2) is 0 Å². The van der Waals surface area contributed by atoms with Gasteiger partial charge in [0.2, 0.25) is 11.8 Å². The number of carbonyl (C=O) groups excluding carboxylic acids is 2. The molecule has 18 heavy (non-hydrogen) atoms. The van der Waals surface area contributed by atoms with Crippen molar-refractivity contribution in [1.29, 1.82) is 0 Å². The molecule has 2 unspecified atom stereocenters. The third kappa shape index (κ3) is 3.72. The SMILES string of the molecule is CC(=O)N1CC(NC(=O)C(C)C)CC(C(=O)O)C1. The lowest BCUT2D eigenvalue weighted by atomic mass is 9.94. The fraction of sp³-hybridized carbons (Fsp3) is 0.750. The average molecular weight is 256 g/mol. The highest BCUT2D eigenvalue weighted by molar-refractivity contribution is 5.79. The lowest BCUT2D eigenvalue weighted by molar-refractivity contribution is -0.146. The van der Waals surface area contributed by atoms with Crippen LogP contribution >= 0.6 is 0 Å². The second-order valence-corrected chi connectivity index (χ2v) is 5.06. The lowest BCUT2D eigenvalue weighted by Crippen LogP contribution is -2.54. The zero-order valence-electron chi connectivity index (χ0n) is 11.0. The predicted octanol–water partition coefficient (Wildman–Crippen LogP) is 0.0802. The minimum absolute atomic E-state index is 0.116. The van der Waals surface area contributed by atoms with E-state index in [1.54, 1.807) is 13.8 Å². The van der Waals surface area contributed by atoms with E-state index in [2.05, 4.69) is 5.32 Å². The quantitative estimate of drug-likeness (QED) is 0.748. The van der Waals surface area contributed by atoms with Crippen LogP contribution in [-0.4, -0.2) is 46.9 Å². The Bertz CT molecular complexity index is 332. The molecule has 2 atom stereocenters. The molecule has 1 aliphatic rings. The maximum absolute atomic E-state index is 11.6. The van der Waals surface area contributed by atoms with Crippen LogP contribution in [0.5, 0.6) is 0 Å². The number of rotatable bonds is 3. The summed E-state index contributed by atoms with van der Waals surface area (Å²) in [7, 11) is 0. The number of nitrogens with zero attached hydrogens (tertiary/aromatic N) is 1. The molecule has 0 aliphatic carbocycles. The van der Waals surface area contributed by atoms with Gasteiger partial charge in [-0.1, -0.05) is 13.8 Å². The molecule has 0 aromatic rings. The molecule has 0 radical (unpaired) electrons. The van der Waals surface area contributed by atoms with Crippen molar-refractivity contribution in [3.05, 3.63) is 0 Å². The number of likely N-dealkylation sites (tertiary alicyclic amines) is 1. The number of carbonyl (C=O) groups is 3. The number of amides is 2. The Hall–Kier alpha value is -1.59. The molecule has 2 N–H and O–H groups in total. The van der Waals surface area contributed by atoms with Crippen molar-refractivity contribution in [3.8, 4) is 0 Å². The molecule has 6 nitrogen and oxygen atoms in total. The number of nitrogens with one attached hydrogen (secondary N) is 1. The van der Waals surface area contributed by atoms with E-state index >= 15 is 0 Å². The molecule has 0 saturated carbocycles. The van der Waals surface area contributed by atoms with Gasteiger partial charge in [-0.25, -0.2) is 0 Å². The van der Waals surface area contributed by atoms with Crippen LogP contribution in [0.2, 0.25) is 0 Å². The summed E-state index contributed by atoms with van der Waals surface area (Å²) < 4.78 is 0. The molecule has 1 saturated heterocycles. The molecular weight excluding hydrogens is 236 g/mol. The molecule has 1 heterocycles. The third-order valence-corrected chi connectivity index (χ3v) is 3.12. The molecule has 2 amide bonds. The molecule has 0 bridgehead atoms. The van der Waals surface area contributed by atoms with Gasteiger partial charge in [0, 0.05) is 32.0 Å². The van der Waals surface area contributed by atoms with Crippen LogP contribution in [0.1, 0.15) is 27.2 Å². The Labute approximate surface area is 106 Å². The molecule has 0 aromatic carbocycles. The summed E-state index contributed by atoms with van der Waals surface area (Å²) in [6, 6.07) is -0.279. The van der Waals surface area contributed by atoms with Crippen molar-refractivity contribution in [1.82, 2.24) is 10.2 Å². The molecule has 1 aliphatic heterocycles. The van der Waals surface area contributed by atoms with Crippen LogP contribution in [0.3, 0.4) is 0 Å². The third-order valence-electron chi connectivity index (χ3n) is 3.12. The van der Waals surface area contributed by atoms with Gasteiger partial charge in [-0.2, -0.15) is 0 Å². The zero-order chi connectivity index (χ0) is 13.9. The van der Waals surface area contributed by atoms with E-state index in [-0.39, 0.29) is 30.3 Å². The standard InChI is InChI=1S/C12H20N2O4/c1-7(2)11(16)13-10-4-9(12(17)18)5-14(6-10)8(3)15/h7,9-10H,4-6H2,1-3H3,(H,13,16)(H,17,18). The zero-order valence-corrected chi connectivity index (χ0v) is 11.0. The predicted molar refractivity (Wildman–Crippen MR) is 64.8 cm³/mol. The van der Waals surface area contributed by atoms with Crippen molar-refractivity contribution < 1.29 is 19.5 Å². The Kier molecular flexibility index (Phi) is 4.69. The summed E-state index contributed by atoms with van der Waals surface area (Å²) in [4.78, 5) is 35.5. The van der Waals surface area contributed by atoms with Gasteiger partial charge in [-0.15, -0.1) is 0 Å². The largest absolute Gasteiger partial charge is 0.481 e. The van der Waals surface area contributed by atoms with Crippen LogP contribution in [-0.2, 0) is 14.4 Å². The summed E-state index contributed by atoms with van der Waals surface area (Å²) in [5.41, 5.74) is 0. The number of hydrogen-bond donors (Lipinski definition) is 2. The van der Waals surface area contributed by atoms with E-state index in [1.165, 1.54) is 11.8 Å². The van der Waals surface area contributed by atoms with Crippen LogP contribution in [0.15, 0.2) is 0 Å². The van der Waals surface area contributed by atoms with Crippen LogP contribution in [0.4, 0.5) is 0 Å². The first kappa shape index (κ1) is 14.5. The lowest BCUT2D eigenvalue weighted by Gasteiger charge is -2.36. The number of aliphatic carboxylic acids is 1. The van der Waals surface area contributed by atoms with Gasteiger partial charge in [0.1, 0.15) is 0 Å². The van der Waals surface area contributed by atoms with Crippen LogP contribution < -0.4 is 5.32 Å². The number of piperidine rings is 1. The van der Waals surface area contributed by atoms with E-state index in [4.69, 9.17) is 5.11 Å². The van der Waals surface area contributed by atoms with Crippen LogP contribution in [0.25, 0.3) is 0 Å². The van der Waals surface area contributed by atoms with Gasteiger partial charge in [-0.3, -0.25) is 14.4 Å². The first-order chi connectivity index (χ1) is 8.31. The number of carboxylic acid groups (broad SMARTS) is 1. The first-order valence-electron chi connectivity index (χ1n) is 6.10. The molecule has 0 spiro atoms. The second kappa shape index (κ2) is 5.84. The van der Waals surface area contributed by atoms with Gasteiger partial charge >= 0.3 is 5.97 Å². The van der Waals surface area contributed by atoms with E-state index in [9.17, 15) is 14.4 Å². The summed E-state index contributed by atoms with van der Waals surface area (Å²) in [6.45, 7) is 5.56. The monoisotopic (exact) mass is 256 g/mol. The van der Waals surface area contributed by atoms with Crippen molar-refractivity contribution in [3.63, 3.8) is 0 Å². The van der Waals surface area contributed by atoms with Crippen molar-refractivity contribution in [2.24, 2.45) is 11.8 Å². The fourth-order valence-electron chi connectivity index (χ4n) is 2.01. The minimum Gasteiger partial charge on any atom is -0.481 e. The molecule has 1 rings (SSSR count). The summed E-state index contributed by atoms with van der Waals surface area (Å²) in [6.07, 6.45) is 0.373. The molecule has 6 heteroatoms. The Morgan fingerprint density at radius 2 is 1.89 bits per heavy atom. The number of hydrogen-bond acceptors (Lipinski definition) is 3. The smallest absolute Gasteiger partial charge is 0.308 e. The molecule has 0 aromatic heterocycles. The fourth-order valence-corrected chi connectivity index (χ4v) is 2.01. The molecular formula is C12H20N2O4. The maximum atomic E-state index is 11.6. The van der Waals surface area contributed by atoms with Crippen LogP contribution in [0, 0.1) is 11.8 Å². The summed E-state index contributed by atoms with van der Waals surface area (Å²) in [5, 5.41) is 11.8. The van der Waals surface area contributed by atoms with Gasteiger partial charge in [0.25, 0.3) is 0 Å². The topological polar surface area (TPSA) is 86.7 Å². The highest BCUT2D eigenvalue weighted by Crippen LogP contribution is 2.18. The van der Waals surface area contributed by atoms with Crippen molar-refractivity contribution >= 4 is 17.8 Å². The Morgan fingerprint density at radius 1 is 1.28 bits per heavy atom. The maximum Gasteiger partial charge on any atom is 0.308 e. The van der Waals surface area contributed by atoms with Crippen molar-refractivity contribution in [2.45, 2.75) is 33.2 Å². The van der Waals surface area contributed by atoms with E-state index in [0.717, 1.165) is 0 Å². The van der Waals surface area contributed by atoms with E-state index in [1.807, 2.05) is 0 Å². The van der Waals surface area contributed by atoms with Gasteiger partial charge < -0.3 is 15.3 Å². The van der Waals surface area contributed by atoms with E-state index < -0.39 is 11.9 Å².